The first-order valence-electron chi connectivity index (χ1n) is 2.96. The number of carboxylic acids is 2. The van der Waals surface area contributed by atoms with Crippen LogP contribution < -0.4 is 0 Å². The van der Waals surface area contributed by atoms with Crippen LogP contribution >= 0.6 is 0 Å². The summed E-state index contributed by atoms with van der Waals surface area (Å²) < 4.78 is 0. The summed E-state index contributed by atoms with van der Waals surface area (Å²) in [5.41, 5.74) is 0. The van der Waals surface area contributed by atoms with Gasteiger partial charge in [0.25, 0.3) is 0 Å². The number of carbonyl (C=O) groups is 2. The molecule has 15 heavy (non-hydrogen) atoms. The van der Waals surface area contributed by atoms with Crippen molar-refractivity contribution in [1.29, 1.82) is 0 Å². The summed E-state index contributed by atoms with van der Waals surface area (Å²) in [4.78, 5) is 48.6. The smallest absolute Gasteiger partial charge is 1.00 e. The van der Waals surface area contributed by atoms with E-state index in [0.29, 0.717) is 0 Å². The van der Waals surface area contributed by atoms with Crippen molar-refractivity contribution in [2.45, 2.75) is 12.8 Å². The molecule has 0 saturated heterocycles. The van der Waals surface area contributed by atoms with Gasteiger partial charge in [0, 0.05) is 0 Å². The quantitative estimate of drug-likeness (QED) is 0.301. The standard InChI is InChI=1S/C4H6O4.2Ca.H4O4Si.4H/c5-3(6)1-2-4(7)8;;;1-5(2,3)4;;;;/h1-2H2,(H,5,6)(H,7,8);;;1-4H;;;;/q;2*+2;;4*-1. The van der Waals surface area contributed by atoms with E-state index in [0.717, 1.165) is 0 Å². The van der Waals surface area contributed by atoms with Gasteiger partial charge in [-0.2, -0.15) is 0 Å². The first-order chi connectivity index (χ1) is 5.63. The SMILES string of the molecule is O=C(O)CCC(=O)O.O[Si](O)(O)O.[Ca+2].[Ca+2].[H-].[H-].[H-].[H-]. The predicted octanol–water partition coefficient (Wildman–Crippen LogP) is -2.98. The van der Waals surface area contributed by atoms with E-state index in [4.69, 9.17) is 29.4 Å². The van der Waals surface area contributed by atoms with Crippen LogP contribution in [0.4, 0.5) is 0 Å². The third-order valence-corrected chi connectivity index (χ3v) is 0.553. The third-order valence-electron chi connectivity index (χ3n) is 0.553. The molecule has 0 aliphatic rings. The Bertz CT molecular complexity index is 174. The summed E-state index contributed by atoms with van der Waals surface area (Å²) in [6.07, 6.45) is -0.593. The molecule has 86 valence electrons. The Morgan fingerprint density at radius 1 is 0.867 bits per heavy atom. The summed E-state index contributed by atoms with van der Waals surface area (Å²) in [6, 6.07) is 0. The molecule has 0 radical (unpaired) electrons. The van der Waals surface area contributed by atoms with Crippen molar-refractivity contribution in [3.8, 4) is 0 Å². The molecule has 0 fully saturated rings. The second kappa shape index (κ2) is 13.6. The van der Waals surface area contributed by atoms with E-state index in [1.807, 2.05) is 0 Å². The molecule has 8 nitrogen and oxygen atoms in total. The Morgan fingerprint density at radius 3 is 1.07 bits per heavy atom. The summed E-state index contributed by atoms with van der Waals surface area (Å²) >= 11 is 0. The van der Waals surface area contributed by atoms with Crippen LogP contribution in [-0.4, -0.2) is 126 Å². The molecular formula is C4H14Ca2O8Si. The number of carboxylic acid groups (broad SMARTS) is 2. The Morgan fingerprint density at radius 2 is 1.00 bits per heavy atom. The van der Waals surface area contributed by atoms with E-state index in [-0.39, 0.29) is 94.0 Å². The van der Waals surface area contributed by atoms with E-state index >= 15 is 0 Å². The Labute approximate surface area is 152 Å². The number of aliphatic carboxylic acids is 2. The van der Waals surface area contributed by atoms with Crippen molar-refractivity contribution in [3.05, 3.63) is 0 Å². The van der Waals surface area contributed by atoms with Gasteiger partial charge in [-0.3, -0.25) is 9.59 Å². The molecule has 0 atom stereocenters. The Balaban J connectivity index is -0.0000000169. The van der Waals surface area contributed by atoms with Gasteiger partial charge < -0.3 is 35.1 Å². The maximum absolute atomic E-state index is 9.64. The largest absolute Gasteiger partial charge is 2.00 e. The molecular weight excluding hydrogens is 284 g/mol. The van der Waals surface area contributed by atoms with Gasteiger partial charge in [0.05, 0.1) is 12.8 Å². The van der Waals surface area contributed by atoms with Crippen molar-refractivity contribution in [1.82, 2.24) is 0 Å². The van der Waals surface area contributed by atoms with Crippen LogP contribution in [0.1, 0.15) is 18.5 Å². The average molecular weight is 298 g/mol. The van der Waals surface area contributed by atoms with Gasteiger partial charge in [-0.1, -0.05) is 0 Å². The zero-order valence-electron chi connectivity index (χ0n) is 11.8. The van der Waals surface area contributed by atoms with E-state index in [9.17, 15) is 9.59 Å². The van der Waals surface area contributed by atoms with Crippen molar-refractivity contribution in [2.75, 3.05) is 0 Å². The molecule has 0 aliphatic carbocycles. The van der Waals surface area contributed by atoms with Crippen LogP contribution in [0, 0.1) is 0 Å². The topological polar surface area (TPSA) is 156 Å². The molecule has 0 heterocycles. The minimum absolute atomic E-state index is 0. The van der Waals surface area contributed by atoms with Crippen molar-refractivity contribution >= 4 is 96.5 Å². The molecule has 6 N–H and O–H groups in total. The molecule has 11 heteroatoms. The van der Waals surface area contributed by atoms with Crippen LogP contribution in [-0.2, 0) is 9.59 Å². The average Bonchev–Trinajstić information content (AvgIpc) is 1.79. The predicted molar refractivity (Wildman–Crippen MR) is 55.1 cm³/mol. The maximum Gasteiger partial charge on any atom is 2.00 e. The van der Waals surface area contributed by atoms with Crippen molar-refractivity contribution in [2.24, 2.45) is 0 Å². The molecule has 0 aliphatic heterocycles. The fourth-order valence-electron chi connectivity index (χ4n) is 0.214. The van der Waals surface area contributed by atoms with Crippen LogP contribution in [0.25, 0.3) is 0 Å². The van der Waals surface area contributed by atoms with Crippen molar-refractivity contribution in [3.63, 3.8) is 0 Å². The Hall–Kier alpha value is 1.52. The zero-order valence-corrected chi connectivity index (χ0v) is 13.2. The molecule has 0 unspecified atom stereocenters. The Kier molecular flexibility index (Phi) is 23.0. The van der Waals surface area contributed by atoms with Crippen LogP contribution in [0.2, 0.25) is 0 Å². The minimum atomic E-state index is -4.61. The van der Waals surface area contributed by atoms with Gasteiger partial charge in [-0.05, 0) is 0 Å². The molecule has 0 bridgehead atoms. The first kappa shape index (κ1) is 25.4. The third kappa shape index (κ3) is 66.8. The molecule has 0 rings (SSSR count). The van der Waals surface area contributed by atoms with Crippen LogP contribution in [0.5, 0.6) is 0 Å². The van der Waals surface area contributed by atoms with Gasteiger partial charge >= 0.3 is 96.5 Å². The molecule has 0 spiro atoms. The molecule has 0 aromatic heterocycles. The second-order valence-corrected chi connectivity index (χ2v) is 3.09. The normalized spacial score (nSPS) is 8.53. The number of hydrogen-bond acceptors (Lipinski definition) is 6. The van der Waals surface area contributed by atoms with Gasteiger partial charge in [-0.25, -0.2) is 0 Å². The van der Waals surface area contributed by atoms with E-state index < -0.39 is 21.0 Å². The monoisotopic (exact) mass is 298 g/mol. The summed E-state index contributed by atoms with van der Waals surface area (Å²) in [6.45, 7) is 0. The summed E-state index contributed by atoms with van der Waals surface area (Å²) in [5.74, 6) is -2.15. The van der Waals surface area contributed by atoms with Gasteiger partial charge in [-0.15, -0.1) is 0 Å². The molecule has 0 saturated carbocycles. The minimum Gasteiger partial charge on any atom is -1.00 e. The second-order valence-electron chi connectivity index (χ2n) is 1.89. The number of hydrogen-bond donors (Lipinski definition) is 6. The zero-order chi connectivity index (χ0) is 11.1. The number of rotatable bonds is 3. The summed E-state index contributed by atoms with van der Waals surface area (Å²) in [7, 11) is -4.61. The summed E-state index contributed by atoms with van der Waals surface area (Å²) in [5, 5.41) is 15.8. The van der Waals surface area contributed by atoms with Gasteiger partial charge in [0.2, 0.25) is 0 Å². The maximum atomic E-state index is 9.64. The van der Waals surface area contributed by atoms with E-state index in [2.05, 4.69) is 0 Å². The van der Waals surface area contributed by atoms with Gasteiger partial charge in [0.1, 0.15) is 0 Å². The van der Waals surface area contributed by atoms with E-state index in [1.54, 1.807) is 0 Å². The van der Waals surface area contributed by atoms with Crippen molar-refractivity contribution < 1.29 is 44.7 Å². The first-order valence-corrected chi connectivity index (χ1v) is 4.75. The van der Waals surface area contributed by atoms with Gasteiger partial charge in [0.15, 0.2) is 0 Å². The van der Waals surface area contributed by atoms with Crippen LogP contribution in [0.3, 0.4) is 0 Å². The van der Waals surface area contributed by atoms with Crippen LogP contribution in [0.15, 0.2) is 0 Å². The fraction of sp³-hybridized carbons (Fsp3) is 0.500. The molecule has 0 aromatic carbocycles. The molecule has 0 aromatic rings. The fourth-order valence-corrected chi connectivity index (χ4v) is 0.214. The molecule has 0 amide bonds. The van der Waals surface area contributed by atoms with E-state index in [1.165, 1.54) is 0 Å².